The number of hydrogen-bond acceptors (Lipinski definition) is 6. The first-order valence-electron chi connectivity index (χ1n) is 5.50. The molecular formula is C11H16N2S4. The fraction of sp³-hybridized carbons (Fsp3) is 0.455. The zero-order valence-electron chi connectivity index (χ0n) is 9.27. The summed E-state index contributed by atoms with van der Waals surface area (Å²) in [6, 6.07) is 0. The predicted octanol–water partition coefficient (Wildman–Crippen LogP) is 2.89. The minimum atomic E-state index is 0.439. The molecule has 0 unspecified atom stereocenters. The van der Waals surface area contributed by atoms with E-state index in [1.807, 2.05) is 0 Å². The van der Waals surface area contributed by atoms with E-state index in [9.17, 15) is 0 Å². The molecule has 0 radical (unpaired) electrons. The number of benzene rings is 1. The minimum absolute atomic E-state index is 0.439. The number of hydrogen-bond donors (Lipinski definition) is 6. The molecule has 1 fully saturated rings. The lowest BCUT2D eigenvalue weighted by molar-refractivity contribution is 0.455. The third-order valence-electron chi connectivity index (χ3n) is 3.22. The van der Waals surface area contributed by atoms with Crippen molar-refractivity contribution in [1.29, 1.82) is 0 Å². The smallest absolute Gasteiger partial charge is 0.0508 e. The van der Waals surface area contributed by atoms with Crippen LogP contribution in [0.3, 0.4) is 0 Å². The first kappa shape index (κ1) is 13.8. The molecule has 0 aromatic heterocycles. The number of piperidine rings is 1. The van der Waals surface area contributed by atoms with Crippen LogP contribution in [0.4, 0.5) is 5.69 Å². The van der Waals surface area contributed by atoms with Crippen molar-refractivity contribution in [3.63, 3.8) is 0 Å². The fourth-order valence-corrected chi connectivity index (χ4v) is 3.55. The van der Waals surface area contributed by atoms with Gasteiger partial charge in [-0.25, -0.2) is 0 Å². The van der Waals surface area contributed by atoms with Crippen molar-refractivity contribution in [2.24, 2.45) is 0 Å². The monoisotopic (exact) mass is 304 g/mol. The van der Waals surface area contributed by atoms with Crippen molar-refractivity contribution in [2.45, 2.75) is 38.3 Å². The third kappa shape index (κ3) is 2.56. The standard InChI is InChI=1S/C11H16N2S4/c12-7-6(5-1-3-13-4-2-5)8(14)10(16)11(17)9(7)15/h5,13-17H,1-4,12H2. The van der Waals surface area contributed by atoms with Crippen LogP contribution in [-0.4, -0.2) is 13.1 Å². The SMILES string of the molecule is Nc1c(S)c(S)c(S)c(S)c1C1CCNCC1. The van der Waals surface area contributed by atoms with E-state index >= 15 is 0 Å². The molecule has 94 valence electrons. The van der Waals surface area contributed by atoms with Crippen LogP contribution in [0, 0.1) is 0 Å². The lowest BCUT2D eigenvalue weighted by Gasteiger charge is -2.27. The van der Waals surface area contributed by atoms with E-state index < -0.39 is 0 Å². The molecule has 0 saturated carbocycles. The number of nitrogens with one attached hydrogen (secondary N) is 1. The van der Waals surface area contributed by atoms with Crippen molar-refractivity contribution in [1.82, 2.24) is 5.32 Å². The molecular weight excluding hydrogens is 288 g/mol. The summed E-state index contributed by atoms with van der Waals surface area (Å²) in [6.45, 7) is 2.04. The molecule has 1 saturated heterocycles. The summed E-state index contributed by atoms with van der Waals surface area (Å²) in [7, 11) is 0. The summed E-state index contributed by atoms with van der Waals surface area (Å²) >= 11 is 17.8. The molecule has 0 aliphatic carbocycles. The zero-order valence-corrected chi connectivity index (χ0v) is 12.8. The van der Waals surface area contributed by atoms with Gasteiger partial charge in [0.15, 0.2) is 0 Å². The summed E-state index contributed by atoms with van der Waals surface area (Å²) < 4.78 is 0. The summed E-state index contributed by atoms with van der Waals surface area (Å²) in [4.78, 5) is 3.03. The van der Waals surface area contributed by atoms with E-state index in [0.29, 0.717) is 21.4 Å². The maximum absolute atomic E-state index is 6.16. The maximum Gasteiger partial charge on any atom is 0.0508 e. The van der Waals surface area contributed by atoms with E-state index in [1.54, 1.807) is 0 Å². The minimum Gasteiger partial charge on any atom is -0.398 e. The maximum atomic E-state index is 6.16. The van der Waals surface area contributed by atoms with Crippen molar-refractivity contribution in [3.8, 4) is 0 Å². The highest BCUT2D eigenvalue weighted by Crippen LogP contribution is 2.44. The van der Waals surface area contributed by atoms with Gasteiger partial charge in [-0.1, -0.05) is 0 Å². The molecule has 1 aliphatic rings. The lowest BCUT2D eigenvalue weighted by atomic mass is 9.89. The quantitative estimate of drug-likeness (QED) is 0.357. The van der Waals surface area contributed by atoms with Gasteiger partial charge in [-0.05, 0) is 37.4 Å². The van der Waals surface area contributed by atoms with Crippen molar-refractivity contribution in [2.75, 3.05) is 18.8 Å². The van der Waals surface area contributed by atoms with Crippen LogP contribution in [0.2, 0.25) is 0 Å². The molecule has 17 heavy (non-hydrogen) atoms. The Labute approximate surface area is 124 Å². The number of nitrogen functional groups attached to an aromatic ring is 1. The summed E-state index contributed by atoms with van der Waals surface area (Å²) in [5.41, 5.74) is 7.94. The molecule has 2 rings (SSSR count). The highest BCUT2D eigenvalue weighted by atomic mass is 32.1. The Kier molecular flexibility index (Phi) is 4.52. The van der Waals surface area contributed by atoms with E-state index in [0.717, 1.165) is 41.3 Å². The molecule has 1 heterocycles. The van der Waals surface area contributed by atoms with Gasteiger partial charge < -0.3 is 11.1 Å². The summed E-state index contributed by atoms with van der Waals surface area (Å²) in [5.74, 6) is 0.439. The number of rotatable bonds is 1. The third-order valence-corrected chi connectivity index (χ3v) is 5.57. The van der Waals surface area contributed by atoms with Crippen LogP contribution < -0.4 is 11.1 Å². The number of anilines is 1. The lowest BCUT2D eigenvalue weighted by Crippen LogP contribution is -2.27. The van der Waals surface area contributed by atoms with Crippen LogP contribution in [0.25, 0.3) is 0 Å². The molecule has 0 spiro atoms. The Hall–Kier alpha value is 0.380. The summed E-state index contributed by atoms with van der Waals surface area (Å²) in [6.07, 6.45) is 2.15. The van der Waals surface area contributed by atoms with Gasteiger partial charge in [0.2, 0.25) is 0 Å². The van der Waals surface area contributed by atoms with E-state index in [2.05, 4.69) is 55.8 Å². The van der Waals surface area contributed by atoms with Gasteiger partial charge in [-0.15, -0.1) is 50.5 Å². The second kappa shape index (κ2) is 5.57. The van der Waals surface area contributed by atoms with Crippen LogP contribution >= 0.6 is 50.5 Å². The Bertz CT molecular complexity index is 413. The van der Waals surface area contributed by atoms with E-state index in [-0.39, 0.29) is 0 Å². The van der Waals surface area contributed by atoms with E-state index in [4.69, 9.17) is 5.73 Å². The van der Waals surface area contributed by atoms with Gasteiger partial charge in [0, 0.05) is 19.6 Å². The zero-order chi connectivity index (χ0) is 12.6. The topological polar surface area (TPSA) is 38.0 Å². The first-order valence-corrected chi connectivity index (χ1v) is 7.28. The van der Waals surface area contributed by atoms with Crippen molar-refractivity contribution in [3.05, 3.63) is 5.56 Å². The van der Waals surface area contributed by atoms with Gasteiger partial charge in [0.1, 0.15) is 0 Å². The molecule has 3 N–H and O–H groups in total. The van der Waals surface area contributed by atoms with Gasteiger partial charge >= 0.3 is 0 Å². The highest BCUT2D eigenvalue weighted by molar-refractivity contribution is 7.86. The van der Waals surface area contributed by atoms with Gasteiger partial charge in [0.25, 0.3) is 0 Å². The Morgan fingerprint density at radius 3 is 2.00 bits per heavy atom. The van der Waals surface area contributed by atoms with Crippen LogP contribution in [0.5, 0.6) is 0 Å². The molecule has 0 amide bonds. The molecule has 2 nitrogen and oxygen atoms in total. The van der Waals surface area contributed by atoms with Crippen LogP contribution in [-0.2, 0) is 0 Å². The fourth-order valence-electron chi connectivity index (χ4n) is 2.26. The number of thiol groups is 4. The molecule has 1 aromatic rings. The normalized spacial score (nSPS) is 17.4. The average Bonchev–Trinajstić information content (AvgIpc) is 2.36. The largest absolute Gasteiger partial charge is 0.398 e. The van der Waals surface area contributed by atoms with Crippen molar-refractivity contribution < 1.29 is 0 Å². The molecule has 6 heteroatoms. The molecule has 1 aromatic carbocycles. The van der Waals surface area contributed by atoms with Gasteiger partial charge in [-0.3, -0.25) is 0 Å². The van der Waals surface area contributed by atoms with E-state index in [1.165, 1.54) is 0 Å². The molecule has 0 atom stereocenters. The first-order chi connectivity index (χ1) is 8.04. The predicted molar refractivity (Wildman–Crippen MR) is 84.7 cm³/mol. The Balaban J connectivity index is 2.52. The van der Waals surface area contributed by atoms with Gasteiger partial charge in [0.05, 0.1) is 5.69 Å². The summed E-state index contributed by atoms with van der Waals surface area (Å²) in [5, 5.41) is 3.34. The highest BCUT2D eigenvalue weighted by Gasteiger charge is 2.24. The van der Waals surface area contributed by atoms with Crippen LogP contribution in [0.15, 0.2) is 19.6 Å². The average molecular weight is 305 g/mol. The van der Waals surface area contributed by atoms with Gasteiger partial charge in [-0.2, -0.15) is 0 Å². The molecule has 0 bridgehead atoms. The van der Waals surface area contributed by atoms with Crippen molar-refractivity contribution >= 4 is 56.2 Å². The Morgan fingerprint density at radius 1 is 0.882 bits per heavy atom. The second-order valence-electron chi connectivity index (χ2n) is 4.25. The Morgan fingerprint density at radius 2 is 1.41 bits per heavy atom. The number of nitrogens with two attached hydrogens (primary N) is 1. The second-order valence-corrected chi connectivity index (χ2v) is 6.03. The molecule has 1 aliphatic heterocycles. The van der Waals surface area contributed by atoms with Crippen LogP contribution in [0.1, 0.15) is 24.3 Å².